The fourth-order valence-electron chi connectivity index (χ4n) is 4.17. The van der Waals surface area contributed by atoms with Crippen LogP contribution in [0.25, 0.3) is 22.5 Å². The highest BCUT2D eigenvalue weighted by atomic mass is 32.2. The lowest BCUT2D eigenvalue weighted by molar-refractivity contribution is 0.0702. The van der Waals surface area contributed by atoms with Gasteiger partial charge in [0, 0.05) is 42.2 Å². The molecule has 4 heterocycles. The van der Waals surface area contributed by atoms with Gasteiger partial charge in [-0.25, -0.2) is 18.2 Å². The Morgan fingerprint density at radius 1 is 1.18 bits per heavy atom. The monoisotopic (exact) mass is 566 g/mol. The molecular formula is C26H22N4O7S2. The summed E-state index contributed by atoms with van der Waals surface area (Å²) in [6.07, 6.45) is 2.37. The molecule has 0 saturated carbocycles. The van der Waals surface area contributed by atoms with Gasteiger partial charge in [-0.05, 0) is 24.3 Å². The minimum Gasteiger partial charge on any atom is -0.477 e. The van der Waals surface area contributed by atoms with E-state index >= 15 is 0 Å². The van der Waals surface area contributed by atoms with Crippen molar-refractivity contribution in [1.29, 1.82) is 5.26 Å². The number of pyridine rings is 1. The van der Waals surface area contributed by atoms with E-state index in [4.69, 9.17) is 14.0 Å². The van der Waals surface area contributed by atoms with Crippen LogP contribution in [-0.4, -0.2) is 62.2 Å². The number of rotatable bonds is 8. The van der Waals surface area contributed by atoms with Crippen molar-refractivity contribution in [3.63, 3.8) is 0 Å². The number of benzene rings is 1. The SMILES string of the molecule is CS(=O)(=O)c1cc(C(=O)O)sc1COc1nc(-c2ccc(N3CCOCC3)cc2)cc(-c2ccon2)c1C#N. The van der Waals surface area contributed by atoms with E-state index in [1.165, 1.54) is 6.26 Å². The first-order chi connectivity index (χ1) is 18.7. The molecule has 1 fully saturated rings. The molecule has 0 bridgehead atoms. The van der Waals surface area contributed by atoms with Crippen molar-refractivity contribution >= 4 is 32.8 Å². The van der Waals surface area contributed by atoms with Gasteiger partial charge in [0.05, 0.1) is 28.7 Å². The van der Waals surface area contributed by atoms with Crippen molar-refractivity contribution in [2.45, 2.75) is 11.5 Å². The summed E-state index contributed by atoms with van der Waals surface area (Å²) < 4.78 is 40.9. The van der Waals surface area contributed by atoms with E-state index in [-0.39, 0.29) is 32.7 Å². The Labute approximate surface area is 227 Å². The third-order valence-corrected chi connectivity index (χ3v) is 8.46. The van der Waals surface area contributed by atoms with Crippen LogP contribution in [0.15, 0.2) is 58.1 Å². The summed E-state index contributed by atoms with van der Waals surface area (Å²) in [5.74, 6) is -1.29. The number of anilines is 1. The van der Waals surface area contributed by atoms with Crippen LogP contribution in [0.5, 0.6) is 5.88 Å². The summed E-state index contributed by atoms with van der Waals surface area (Å²) in [7, 11) is -3.73. The quantitative estimate of drug-likeness (QED) is 0.330. The summed E-state index contributed by atoms with van der Waals surface area (Å²) in [4.78, 5) is 18.2. The third kappa shape index (κ3) is 5.63. The molecule has 1 aliphatic heterocycles. The van der Waals surface area contributed by atoms with Crippen molar-refractivity contribution < 1.29 is 32.3 Å². The second kappa shape index (κ2) is 10.9. The Morgan fingerprint density at radius 3 is 2.54 bits per heavy atom. The number of carbonyl (C=O) groups is 1. The Morgan fingerprint density at radius 2 is 1.92 bits per heavy atom. The number of carboxylic acid groups (broad SMARTS) is 1. The molecule has 13 heteroatoms. The van der Waals surface area contributed by atoms with E-state index in [2.05, 4.69) is 21.1 Å². The number of aromatic carboxylic acids is 1. The van der Waals surface area contributed by atoms with E-state index in [1.807, 2.05) is 24.3 Å². The Hall–Kier alpha value is -4.25. The summed E-state index contributed by atoms with van der Waals surface area (Å²) in [5.41, 5.74) is 3.19. The van der Waals surface area contributed by atoms with E-state index < -0.39 is 15.8 Å². The summed E-state index contributed by atoms with van der Waals surface area (Å²) in [5, 5.41) is 23.3. The number of hydrogen-bond donors (Lipinski definition) is 1. The van der Waals surface area contributed by atoms with E-state index in [1.54, 1.807) is 12.1 Å². The minimum absolute atomic E-state index is 0.0463. The van der Waals surface area contributed by atoms with E-state index in [9.17, 15) is 23.6 Å². The maximum Gasteiger partial charge on any atom is 0.345 e. The van der Waals surface area contributed by atoms with Crippen molar-refractivity contribution in [3.8, 4) is 34.5 Å². The number of thiophene rings is 1. The first-order valence-electron chi connectivity index (χ1n) is 11.7. The average Bonchev–Trinajstić information content (AvgIpc) is 3.63. The van der Waals surface area contributed by atoms with Gasteiger partial charge in [-0.3, -0.25) is 0 Å². The molecule has 0 radical (unpaired) electrons. The van der Waals surface area contributed by atoms with Gasteiger partial charge in [0.25, 0.3) is 0 Å². The van der Waals surface area contributed by atoms with Crippen LogP contribution in [0, 0.1) is 11.3 Å². The molecule has 200 valence electrons. The molecule has 1 aromatic carbocycles. The zero-order chi connectivity index (χ0) is 27.6. The molecular weight excluding hydrogens is 544 g/mol. The molecule has 0 atom stereocenters. The molecule has 3 aromatic heterocycles. The smallest absolute Gasteiger partial charge is 0.345 e. The second-order valence-electron chi connectivity index (χ2n) is 8.64. The standard InChI is InChI=1S/C26H22N4O7S2/c1-39(33,34)24-13-22(26(31)32)38-23(24)15-36-25-19(14-27)18(20-6-9-37-29-20)12-21(28-25)16-2-4-17(5-3-16)30-7-10-35-11-8-30/h2-6,9,12-13H,7-8,10-11,15H2,1H3,(H,31,32). The van der Waals surface area contributed by atoms with Gasteiger partial charge in [0.1, 0.15) is 35.1 Å². The summed E-state index contributed by atoms with van der Waals surface area (Å²) >= 11 is 0.790. The van der Waals surface area contributed by atoms with Gasteiger partial charge in [-0.2, -0.15) is 5.26 Å². The van der Waals surface area contributed by atoms with Crippen molar-refractivity contribution in [2.75, 3.05) is 37.5 Å². The van der Waals surface area contributed by atoms with Gasteiger partial charge < -0.3 is 24.0 Å². The molecule has 1 aliphatic rings. The lowest BCUT2D eigenvalue weighted by Crippen LogP contribution is -2.36. The molecule has 0 spiro atoms. The zero-order valence-corrected chi connectivity index (χ0v) is 22.3. The lowest BCUT2D eigenvalue weighted by Gasteiger charge is -2.28. The van der Waals surface area contributed by atoms with Gasteiger partial charge in [0.15, 0.2) is 9.84 Å². The number of ether oxygens (including phenoxy) is 2. The largest absolute Gasteiger partial charge is 0.477 e. The normalized spacial score (nSPS) is 13.7. The average molecular weight is 567 g/mol. The van der Waals surface area contributed by atoms with Crippen LogP contribution in [0.1, 0.15) is 20.1 Å². The first-order valence-corrected chi connectivity index (χ1v) is 14.4. The van der Waals surface area contributed by atoms with Crippen LogP contribution in [0.2, 0.25) is 0 Å². The number of sulfone groups is 1. The molecule has 0 amide bonds. The Kier molecular flexibility index (Phi) is 7.34. The Bertz CT molecular complexity index is 1650. The minimum atomic E-state index is -3.73. The van der Waals surface area contributed by atoms with Gasteiger partial charge in [-0.1, -0.05) is 17.3 Å². The number of morpholine rings is 1. The highest BCUT2D eigenvalue weighted by Gasteiger charge is 2.23. The molecule has 5 rings (SSSR count). The first kappa shape index (κ1) is 26.4. The number of nitriles is 1. The highest BCUT2D eigenvalue weighted by Crippen LogP contribution is 2.35. The number of aromatic nitrogens is 2. The number of carboxylic acids is 1. The van der Waals surface area contributed by atoms with Crippen LogP contribution < -0.4 is 9.64 Å². The van der Waals surface area contributed by atoms with E-state index in [0.29, 0.717) is 30.2 Å². The van der Waals surface area contributed by atoms with Crippen LogP contribution in [-0.2, 0) is 21.2 Å². The van der Waals surface area contributed by atoms with Crippen LogP contribution in [0.4, 0.5) is 5.69 Å². The zero-order valence-electron chi connectivity index (χ0n) is 20.7. The van der Waals surface area contributed by atoms with Crippen molar-refractivity contribution in [2.24, 2.45) is 0 Å². The van der Waals surface area contributed by atoms with Gasteiger partial charge in [-0.15, -0.1) is 11.3 Å². The predicted octanol–water partition coefficient (Wildman–Crippen LogP) is 3.85. The third-order valence-electron chi connectivity index (χ3n) is 6.07. The maximum atomic E-state index is 12.3. The number of hydrogen-bond acceptors (Lipinski definition) is 11. The molecule has 4 aromatic rings. The van der Waals surface area contributed by atoms with Crippen molar-refractivity contribution in [1.82, 2.24) is 10.1 Å². The maximum absolute atomic E-state index is 12.3. The molecule has 1 saturated heterocycles. The number of nitrogens with zero attached hydrogens (tertiary/aromatic N) is 4. The highest BCUT2D eigenvalue weighted by molar-refractivity contribution is 7.91. The second-order valence-corrected chi connectivity index (χ2v) is 11.8. The molecule has 39 heavy (non-hydrogen) atoms. The molecule has 0 aliphatic carbocycles. The summed E-state index contributed by atoms with van der Waals surface area (Å²) in [6, 6.07) is 14.3. The van der Waals surface area contributed by atoms with Crippen molar-refractivity contribution in [3.05, 3.63) is 64.0 Å². The fourth-order valence-corrected chi connectivity index (χ4v) is 6.43. The molecule has 0 unspecified atom stereocenters. The lowest BCUT2D eigenvalue weighted by atomic mass is 10.0. The van der Waals surface area contributed by atoms with E-state index in [0.717, 1.165) is 48.0 Å². The van der Waals surface area contributed by atoms with Crippen LogP contribution >= 0.6 is 11.3 Å². The molecule has 11 nitrogen and oxygen atoms in total. The Balaban J connectivity index is 1.53. The van der Waals surface area contributed by atoms with Gasteiger partial charge in [0.2, 0.25) is 5.88 Å². The molecule has 1 N–H and O–H groups in total. The summed E-state index contributed by atoms with van der Waals surface area (Å²) in [6.45, 7) is 2.62. The van der Waals surface area contributed by atoms with Gasteiger partial charge >= 0.3 is 5.97 Å². The predicted molar refractivity (Wildman–Crippen MR) is 142 cm³/mol. The topological polar surface area (TPSA) is 156 Å². The fraction of sp³-hybridized carbons (Fsp3) is 0.231. The van der Waals surface area contributed by atoms with Crippen LogP contribution in [0.3, 0.4) is 0 Å².